The minimum Gasteiger partial charge on any atom is -0.494 e. The van der Waals surface area contributed by atoms with Crippen molar-refractivity contribution in [3.8, 4) is 5.75 Å². The maximum atomic E-state index is 12.9. The minimum absolute atomic E-state index is 0.313. The molecule has 31 heavy (non-hydrogen) atoms. The molecule has 1 aliphatic rings. The number of thiophene rings is 1. The number of hydrogen-bond donors (Lipinski definition) is 1. The Kier molecular flexibility index (Phi) is 7.51. The lowest BCUT2D eigenvalue weighted by Gasteiger charge is -2.25. The number of amides is 2. The molecule has 0 saturated heterocycles. The molecule has 0 radical (unpaired) electrons. The highest BCUT2D eigenvalue weighted by Gasteiger charge is 2.31. The Morgan fingerprint density at radius 3 is 2.71 bits per heavy atom. The van der Waals surface area contributed by atoms with E-state index in [1.54, 1.807) is 29.2 Å². The van der Waals surface area contributed by atoms with Crippen LogP contribution in [0.15, 0.2) is 24.3 Å². The van der Waals surface area contributed by atoms with Gasteiger partial charge in [0, 0.05) is 17.0 Å². The van der Waals surface area contributed by atoms with E-state index in [0.717, 1.165) is 23.3 Å². The predicted octanol–water partition coefficient (Wildman–Crippen LogP) is 4.09. The van der Waals surface area contributed by atoms with Crippen LogP contribution in [-0.2, 0) is 22.4 Å². The fraction of sp³-hybridized carbons (Fsp3) is 0.409. The number of benzene rings is 1. The number of carbonyl (C=O) groups excluding carboxylic acids is 3. The molecule has 3 rings (SSSR count). The molecule has 1 aromatic heterocycles. The fourth-order valence-corrected chi connectivity index (χ4v) is 4.58. The van der Waals surface area contributed by atoms with E-state index in [1.807, 2.05) is 0 Å². The molecule has 0 saturated carbocycles. The summed E-state index contributed by atoms with van der Waals surface area (Å²) in [6, 6.07) is 6.92. The van der Waals surface area contributed by atoms with Crippen LogP contribution in [0.2, 0.25) is 0 Å². The molecule has 2 amide bonds. The number of nitrogens with one attached hydrogen (secondary N) is 1. The van der Waals surface area contributed by atoms with Crippen molar-refractivity contribution in [1.82, 2.24) is 4.90 Å². The van der Waals surface area contributed by atoms with Crippen molar-refractivity contribution in [2.45, 2.75) is 32.7 Å². The van der Waals surface area contributed by atoms with E-state index in [4.69, 9.17) is 14.2 Å². The number of rotatable bonds is 7. The average molecular weight is 447 g/mol. The van der Waals surface area contributed by atoms with Crippen molar-refractivity contribution in [3.05, 3.63) is 45.8 Å². The molecular formula is C22H26N2O6S. The van der Waals surface area contributed by atoms with Crippen molar-refractivity contribution in [3.63, 3.8) is 0 Å². The predicted molar refractivity (Wildman–Crippen MR) is 117 cm³/mol. The average Bonchev–Trinajstić information content (AvgIpc) is 3.15. The summed E-state index contributed by atoms with van der Waals surface area (Å²) in [5.74, 6) is -0.251. The lowest BCUT2D eigenvalue weighted by Crippen LogP contribution is -2.35. The number of carbonyl (C=O) groups is 3. The summed E-state index contributed by atoms with van der Waals surface area (Å²) in [6.45, 7) is 3.40. The van der Waals surface area contributed by atoms with Gasteiger partial charge in [-0.1, -0.05) is 19.4 Å². The molecule has 8 nitrogen and oxygen atoms in total. The number of nitrogens with zero attached hydrogens (tertiary/aromatic N) is 1. The summed E-state index contributed by atoms with van der Waals surface area (Å²) < 4.78 is 15.4. The highest BCUT2D eigenvalue weighted by atomic mass is 32.1. The second kappa shape index (κ2) is 10.3. The van der Waals surface area contributed by atoms with Crippen LogP contribution in [0.5, 0.6) is 5.75 Å². The highest BCUT2D eigenvalue weighted by Crippen LogP contribution is 2.38. The molecule has 2 heterocycles. The summed E-state index contributed by atoms with van der Waals surface area (Å²) in [7, 11) is 2.64. The molecule has 0 spiro atoms. The summed E-state index contributed by atoms with van der Waals surface area (Å²) in [5, 5.41) is 3.25. The van der Waals surface area contributed by atoms with Gasteiger partial charge in [-0.15, -0.1) is 11.3 Å². The SMILES string of the molecule is CCCCOc1cccc(C(=O)Nc2sc3c(c2C(=O)OC)CCN(C(=O)OC)C3)c1. The third-order valence-electron chi connectivity index (χ3n) is 4.97. The van der Waals surface area contributed by atoms with Crippen molar-refractivity contribution in [1.29, 1.82) is 0 Å². The molecule has 0 unspecified atom stereocenters. The molecule has 0 fully saturated rings. The Morgan fingerprint density at radius 1 is 1.19 bits per heavy atom. The van der Waals surface area contributed by atoms with Crippen LogP contribution in [0.25, 0.3) is 0 Å². The van der Waals surface area contributed by atoms with E-state index in [2.05, 4.69) is 12.2 Å². The molecule has 0 bridgehead atoms. The quantitative estimate of drug-likeness (QED) is 0.509. The Balaban J connectivity index is 1.83. The standard InChI is InChI=1S/C22H26N2O6S/c1-4-5-11-30-15-8-6-7-14(12-15)19(25)23-20-18(21(26)28-2)16-9-10-24(22(27)29-3)13-17(16)31-20/h6-8,12H,4-5,9-11,13H2,1-3H3,(H,23,25). The largest absolute Gasteiger partial charge is 0.494 e. The van der Waals surface area contributed by atoms with Crippen molar-refractivity contribution in [2.75, 3.05) is 32.7 Å². The van der Waals surface area contributed by atoms with Crippen LogP contribution >= 0.6 is 11.3 Å². The van der Waals surface area contributed by atoms with Gasteiger partial charge in [-0.25, -0.2) is 9.59 Å². The maximum absolute atomic E-state index is 12.9. The second-order valence-electron chi connectivity index (χ2n) is 7.03. The van der Waals surface area contributed by atoms with Gasteiger partial charge >= 0.3 is 12.1 Å². The first-order chi connectivity index (χ1) is 15.0. The van der Waals surface area contributed by atoms with Crippen LogP contribution in [0.1, 0.15) is 50.9 Å². The van der Waals surface area contributed by atoms with Gasteiger partial charge in [-0.2, -0.15) is 0 Å². The van der Waals surface area contributed by atoms with E-state index in [9.17, 15) is 14.4 Å². The van der Waals surface area contributed by atoms with E-state index >= 15 is 0 Å². The minimum atomic E-state index is -0.518. The van der Waals surface area contributed by atoms with Gasteiger partial charge in [0.2, 0.25) is 0 Å². The van der Waals surface area contributed by atoms with E-state index in [0.29, 0.717) is 48.0 Å². The van der Waals surface area contributed by atoms with E-state index < -0.39 is 12.1 Å². The monoisotopic (exact) mass is 446 g/mol. The molecule has 2 aromatic rings. The fourth-order valence-electron chi connectivity index (χ4n) is 3.33. The van der Waals surface area contributed by atoms with Crippen LogP contribution in [0, 0.1) is 0 Å². The van der Waals surface area contributed by atoms with Crippen LogP contribution in [0.4, 0.5) is 9.80 Å². The zero-order valence-corrected chi connectivity index (χ0v) is 18.7. The third kappa shape index (κ3) is 5.16. The topological polar surface area (TPSA) is 94.2 Å². The van der Waals surface area contributed by atoms with Gasteiger partial charge in [-0.3, -0.25) is 4.79 Å². The lowest BCUT2D eigenvalue weighted by molar-refractivity contribution is 0.0600. The van der Waals surface area contributed by atoms with Crippen molar-refractivity contribution < 1.29 is 28.6 Å². The normalized spacial score (nSPS) is 12.7. The summed E-state index contributed by atoms with van der Waals surface area (Å²) >= 11 is 1.27. The molecule has 1 N–H and O–H groups in total. The zero-order chi connectivity index (χ0) is 22.4. The molecular weight excluding hydrogens is 420 g/mol. The molecule has 1 aliphatic heterocycles. The number of unbranched alkanes of at least 4 members (excludes halogenated alkanes) is 1. The Bertz CT molecular complexity index is 971. The number of esters is 1. The number of hydrogen-bond acceptors (Lipinski definition) is 7. The van der Waals surface area contributed by atoms with E-state index in [1.165, 1.54) is 25.6 Å². The van der Waals surface area contributed by atoms with Gasteiger partial charge in [0.05, 0.1) is 32.9 Å². The highest BCUT2D eigenvalue weighted by molar-refractivity contribution is 7.17. The molecule has 0 atom stereocenters. The van der Waals surface area contributed by atoms with Crippen LogP contribution in [-0.4, -0.2) is 50.2 Å². The smallest absolute Gasteiger partial charge is 0.409 e. The van der Waals surface area contributed by atoms with Gasteiger partial charge < -0.3 is 24.4 Å². The lowest BCUT2D eigenvalue weighted by atomic mass is 10.0. The summed E-state index contributed by atoms with van der Waals surface area (Å²) in [4.78, 5) is 39.6. The summed E-state index contributed by atoms with van der Waals surface area (Å²) in [6.07, 6.45) is 2.00. The van der Waals surface area contributed by atoms with Crippen molar-refractivity contribution >= 4 is 34.3 Å². The molecule has 166 valence electrons. The first kappa shape index (κ1) is 22.6. The molecule has 9 heteroatoms. The van der Waals surface area contributed by atoms with Gasteiger partial charge in [0.1, 0.15) is 10.8 Å². The molecule has 1 aromatic carbocycles. The first-order valence-electron chi connectivity index (χ1n) is 10.1. The number of methoxy groups -OCH3 is 2. The van der Waals surface area contributed by atoms with Crippen LogP contribution < -0.4 is 10.1 Å². The Labute approximate surface area is 185 Å². The van der Waals surface area contributed by atoms with Gasteiger partial charge in [0.25, 0.3) is 5.91 Å². The summed E-state index contributed by atoms with van der Waals surface area (Å²) in [5.41, 5.74) is 1.56. The number of anilines is 1. The third-order valence-corrected chi connectivity index (χ3v) is 6.10. The second-order valence-corrected chi connectivity index (χ2v) is 8.13. The van der Waals surface area contributed by atoms with Crippen molar-refractivity contribution in [2.24, 2.45) is 0 Å². The number of fused-ring (bicyclic) bond motifs is 1. The Hall–Kier alpha value is -3.07. The van der Waals surface area contributed by atoms with Gasteiger partial charge in [-0.05, 0) is 36.6 Å². The number of ether oxygens (including phenoxy) is 3. The van der Waals surface area contributed by atoms with Gasteiger partial charge in [0.15, 0.2) is 0 Å². The Morgan fingerprint density at radius 2 is 2.00 bits per heavy atom. The first-order valence-corrected chi connectivity index (χ1v) is 10.9. The van der Waals surface area contributed by atoms with E-state index in [-0.39, 0.29) is 5.91 Å². The maximum Gasteiger partial charge on any atom is 0.409 e. The molecule has 0 aliphatic carbocycles. The van der Waals surface area contributed by atoms with Crippen LogP contribution in [0.3, 0.4) is 0 Å². The zero-order valence-electron chi connectivity index (χ0n) is 17.9.